The first kappa shape index (κ1) is 22.9. The molecule has 36 heavy (non-hydrogen) atoms. The van der Waals surface area contributed by atoms with Crippen LogP contribution in [0, 0.1) is 6.92 Å². The van der Waals surface area contributed by atoms with Gasteiger partial charge in [0.25, 0.3) is 5.91 Å². The maximum absolute atomic E-state index is 12.9. The molecule has 1 saturated heterocycles. The van der Waals surface area contributed by atoms with E-state index in [1.165, 1.54) is 16.7 Å². The Morgan fingerprint density at radius 1 is 1.14 bits per heavy atom. The van der Waals surface area contributed by atoms with E-state index in [2.05, 4.69) is 46.3 Å². The van der Waals surface area contributed by atoms with Crippen LogP contribution in [0.5, 0.6) is 0 Å². The molecule has 0 aliphatic carbocycles. The number of hydrogen-bond donors (Lipinski definition) is 2. The number of carbonyl (C=O) groups is 1. The van der Waals surface area contributed by atoms with Crippen LogP contribution in [0.15, 0.2) is 48.8 Å². The van der Waals surface area contributed by atoms with Gasteiger partial charge in [0.1, 0.15) is 5.52 Å². The summed E-state index contributed by atoms with van der Waals surface area (Å²) in [7, 11) is 4.13. The molecule has 7 heteroatoms. The third-order valence-corrected chi connectivity index (χ3v) is 7.75. The molecule has 0 saturated carbocycles. The highest BCUT2D eigenvalue weighted by molar-refractivity contribution is 5.96. The minimum atomic E-state index is 0.0914. The Hall–Kier alpha value is -3.55. The normalized spacial score (nSPS) is 18.1. The number of likely N-dealkylation sites (tertiary alicyclic amines) is 1. The maximum atomic E-state index is 12.9. The zero-order valence-corrected chi connectivity index (χ0v) is 21.1. The number of aryl methyl sites for hydroxylation is 1. The summed E-state index contributed by atoms with van der Waals surface area (Å²) in [5.74, 6) is 0.0914. The SMILES string of the molecule is CN[C@H]1CCN(C(=O)c2ccc(-c3c[nH]c4ncc(-c5cc(C)c6c(c5)CN(C)CC6)nc34)cc2)C1. The lowest BCUT2D eigenvalue weighted by atomic mass is 9.92. The maximum Gasteiger partial charge on any atom is 0.253 e. The van der Waals surface area contributed by atoms with Gasteiger partial charge in [-0.3, -0.25) is 4.79 Å². The highest BCUT2D eigenvalue weighted by Crippen LogP contribution is 2.31. The molecule has 4 aromatic rings. The number of aromatic nitrogens is 3. The second-order valence-electron chi connectivity index (χ2n) is 10.2. The quantitative estimate of drug-likeness (QED) is 0.461. The summed E-state index contributed by atoms with van der Waals surface area (Å²) in [4.78, 5) is 30.2. The van der Waals surface area contributed by atoms with Gasteiger partial charge in [-0.05, 0) is 80.4 Å². The summed E-state index contributed by atoms with van der Waals surface area (Å²) >= 11 is 0. The van der Waals surface area contributed by atoms with Crippen LogP contribution < -0.4 is 5.32 Å². The van der Waals surface area contributed by atoms with E-state index in [1.807, 2.05) is 48.6 Å². The van der Waals surface area contributed by atoms with E-state index in [-0.39, 0.29) is 5.91 Å². The van der Waals surface area contributed by atoms with E-state index >= 15 is 0 Å². The number of likely N-dealkylation sites (N-methyl/N-ethyl adjacent to an activating group) is 2. The van der Waals surface area contributed by atoms with Gasteiger partial charge < -0.3 is 20.1 Å². The molecule has 6 rings (SSSR count). The number of amides is 1. The lowest BCUT2D eigenvalue weighted by molar-refractivity contribution is 0.0789. The molecule has 1 fully saturated rings. The van der Waals surface area contributed by atoms with Crippen molar-refractivity contribution in [1.29, 1.82) is 0 Å². The van der Waals surface area contributed by atoms with Gasteiger partial charge in [-0.15, -0.1) is 0 Å². The molecule has 0 radical (unpaired) electrons. The third kappa shape index (κ3) is 4.08. The monoisotopic (exact) mass is 480 g/mol. The highest BCUT2D eigenvalue weighted by atomic mass is 16.2. The summed E-state index contributed by atoms with van der Waals surface area (Å²) in [5, 5.41) is 3.27. The van der Waals surface area contributed by atoms with Gasteiger partial charge in [0.15, 0.2) is 5.65 Å². The Morgan fingerprint density at radius 2 is 1.97 bits per heavy atom. The van der Waals surface area contributed by atoms with E-state index in [1.54, 1.807) is 0 Å². The highest BCUT2D eigenvalue weighted by Gasteiger charge is 2.26. The van der Waals surface area contributed by atoms with Gasteiger partial charge >= 0.3 is 0 Å². The van der Waals surface area contributed by atoms with Gasteiger partial charge in [-0.2, -0.15) is 0 Å². The third-order valence-electron chi connectivity index (χ3n) is 7.75. The number of nitrogens with zero attached hydrogens (tertiary/aromatic N) is 4. The van der Waals surface area contributed by atoms with Crippen molar-refractivity contribution >= 4 is 17.1 Å². The molecule has 2 aromatic heterocycles. The fraction of sp³-hybridized carbons (Fsp3) is 0.345. The summed E-state index contributed by atoms with van der Waals surface area (Å²) in [6, 6.07) is 12.8. The van der Waals surface area contributed by atoms with E-state index in [0.717, 1.165) is 78.1 Å². The Labute approximate surface area is 211 Å². The first-order valence-electron chi connectivity index (χ1n) is 12.7. The number of hydrogen-bond acceptors (Lipinski definition) is 5. The first-order valence-corrected chi connectivity index (χ1v) is 12.7. The molecule has 4 heterocycles. The van der Waals surface area contributed by atoms with Crippen LogP contribution in [-0.4, -0.2) is 70.4 Å². The van der Waals surface area contributed by atoms with Crippen LogP contribution in [-0.2, 0) is 13.0 Å². The number of carbonyl (C=O) groups excluding carboxylic acids is 1. The smallest absolute Gasteiger partial charge is 0.253 e. The first-order chi connectivity index (χ1) is 17.5. The lowest BCUT2D eigenvalue weighted by Gasteiger charge is -2.27. The number of fused-ring (bicyclic) bond motifs is 2. The molecule has 2 aliphatic heterocycles. The van der Waals surface area contributed by atoms with Crippen molar-refractivity contribution in [2.24, 2.45) is 0 Å². The van der Waals surface area contributed by atoms with Crippen molar-refractivity contribution in [2.75, 3.05) is 33.7 Å². The topological polar surface area (TPSA) is 77.2 Å². The summed E-state index contributed by atoms with van der Waals surface area (Å²) in [5.41, 5.74) is 10.5. The summed E-state index contributed by atoms with van der Waals surface area (Å²) in [6.45, 7) is 5.82. The average molecular weight is 481 g/mol. The average Bonchev–Trinajstić information content (AvgIpc) is 3.55. The number of aromatic amines is 1. The predicted octanol–water partition coefficient (Wildman–Crippen LogP) is 4.02. The molecular formula is C29H32N6O. The van der Waals surface area contributed by atoms with Crippen molar-refractivity contribution in [3.8, 4) is 22.4 Å². The molecule has 0 spiro atoms. The fourth-order valence-corrected chi connectivity index (χ4v) is 5.62. The number of benzene rings is 2. The molecule has 7 nitrogen and oxygen atoms in total. The fourth-order valence-electron chi connectivity index (χ4n) is 5.62. The minimum absolute atomic E-state index is 0.0914. The van der Waals surface area contributed by atoms with Crippen LogP contribution in [0.4, 0.5) is 0 Å². The van der Waals surface area contributed by atoms with Crippen molar-refractivity contribution in [1.82, 2.24) is 30.1 Å². The Morgan fingerprint density at radius 3 is 2.75 bits per heavy atom. The molecule has 2 N–H and O–H groups in total. The van der Waals surface area contributed by atoms with Crippen molar-refractivity contribution < 1.29 is 4.79 Å². The largest absolute Gasteiger partial charge is 0.344 e. The Bertz CT molecular complexity index is 1440. The molecule has 2 aromatic carbocycles. The second-order valence-corrected chi connectivity index (χ2v) is 10.2. The van der Waals surface area contributed by atoms with Crippen LogP contribution >= 0.6 is 0 Å². The standard InChI is InChI=1S/C29H32N6O/c1-18-12-21(13-22-16-34(3)10-9-24(18)22)26-15-32-28-27(33-26)25(14-31-28)19-4-6-20(7-5-19)29(36)35-11-8-23(17-35)30-2/h4-7,12-15,23,30H,8-11,16-17H2,1-3H3,(H,31,32)/t23-/m0/s1. The zero-order valence-electron chi connectivity index (χ0n) is 21.1. The van der Waals surface area contributed by atoms with E-state index in [4.69, 9.17) is 4.98 Å². The van der Waals surface area contributed by atoms with Crippen molar-refractivity contribution in [3.05, 3.63) is 71.0 Å². The molecule has 1 amide bonds. The number of rotatable bonds is 4. The predicted molar refractivity (Wildman–Crippen MR) is 143 cm³/mol. The van der Waals surface area contributed by atoms with Gasteiger partial charge in [0.2, 0.25) is 0 Å². The Kier molecular flexibility index (Phi) is 5.82. The molecule has 0 unspecified atom stereocenters. The van der Waals surface area contributed by atoms with Gasteiger partial charge in [0.05, 0.1) is 11.9 Å². The van der Waals surface area contributed by atoms with Crippen LogP contribution in [0.2, 0.25) is 0 Å². The van der Waals surface area contributed by atoms with E-state index in [9.17, 15) is 4.79 Å². The zero-order chi connectivity index (χ0) is 24.8. The molecule has 0 bridgehead atoms. The minimum Gasteiger partial charge on any atom is -0.344 e. The van der Waals surface area contributed by atoms with Crippen LogP contribution in [0.25, 0.3) is 33.5 Å². The van der Waals surface area contributed by atoms with Gasteiger partial charge in [0, 0.05) is 55.1 Å². The van der Waals surface area contributed by atoms with E-state index < -0.39 is 0 Å². The number of H-pyrrole nitrogens is 1. The second kappa shape index (κ2) is 9.15. The van der Waals surface area contributed by atoms with Crippen molar-refractivity contribution in [3.63, 3.8) is 0 Å². The molecule has 1 atom stereocenters. The summed E-state index contributed by atoms with van der Waals surface area (Å²) in [6.07, 6.45) is 5.90. The van der Waals surface area contributed by atoms with Crippen LogP contribution in [0.1, 0.15) is 33.5 Å². The van der Waals surface area contributed by atoms with Crippen molar-refractivity contribution in [2.45, 2.75) is 32.4 Å². The molecule has 184 valence electrons. The molecule has 2 aliphatic rings. The molecular weight excluding hydrogens is 448 g/mol. The Balaban J connectivity index is 1.30. The number of nitrogens with one attached hydrogen (secondary N) is 2. The van der Waals surface area contributed by atoms with E-state index in [0.29, 0.717) is 6.04 Å². The summed E-state index contributed by atoms with van der Waals surface area (Å²) < 4.78 is 0. The van der Waals surface area contributed by atoms with Gasteiger partial charge in [-0.1, -0.05) is 12.1 Å². The van der Waals surface area contributed by atoms with Crippen LogP contribution in [0.3, 0.4) is 0 Å². The lowest BCUT2D eigenvalue weighted by Crippen LogP contribution is -2.33. The van der Waals surface area contributed by atoms with Gasteiger partial charge in [-0.25, -0.2) is 9.97 Å².